The number of carbonyl (C=O) groups is 1. The smallest absolute Gasteiger partial charge is 0.258 e. The van der Waals surface area contributed by atoms with E-state index in [1.165, 1.54) is 13.4 Å². The molecule has 1 aromatic heterocycles. The van der Waals surface area contributed by atoms with Crippen LogP contribution in [0.2, 0.25) is 0 Å². The number of nitrogens with one attached hydrogen (secondary N) is 2. The number of anilines is 1. The fourth-order valence-electron chi connectivity index (χ4n) is 3.42. The molecule has 3 aromatic carbocycles. The van der Waals surface area contributed by atoms with Gasteiger partial charge in [-0.05, 0) is 35.9 Å². The van der Waals surface area contributed by atoms with Gasteiger partial charge in [-0.15, -0.1) is 0 Å². The molecule has 8 heteroatoms. The number of amides is 1. The van der Waals surface area contributed by atoms with Gasteiger partial charge in [-0.25, -0.2) is 8.42 Å². The first-order chi connectivity index (χ1) is 14.9. The standard InChI is InChI=1S/C23H21N3O4S/c1-30-22(15-7-4-3-5-8-15)23(27)24-17-11-12-20-19(14-17)21(26-25-20)16-9-6-10-18(13-16)31(2,28)29/h3-14,22H,1-2H3,(H,24,27)(H,25,26)/t22-/m1/s1. The monoisotopic (exact) mass is 435 g/mol. The van der Waals surface area contributed by atoms with Crippen LogP contribution in [0.25, 0.3) is 22.2 Å². The molecule has 0 saturated carbocycles. The van der Waals surface area contributed by atoms with Crippen molar-refractivity contribution >= 4 is 32.3 Å². The number of carbonyl (C=O) groups excluding carboxylic acids is 1. The SMILES string of the molecule is CO[C@@H](C(=O)Nc1ccc2[nH]nc(-c3cccc(S(C)(=O)=O)c3)c2c1)c1ccccc1. The van der Waals surface area contributed by atoms with Gasteiger partial charge in [0.25, 0.3) is 5.91 Å². The lowest BCUT2D eigenvalue weighted by atomic mass is 10.1. The zero-order valence-electron chi connectivity index (χ0n) is 17.0. The Hall–Kier alpha value is -3.49. The fraction of sp³-hybridized carbons (Fsp3) is 0.130. The average molecular weight is 436 g/mol. The van der Waals surface area contributed by atoms with Crippen LogP contribution in [0.1, 0.15) is 11.7 Å². The summed E-state index contributed by atoms with van der Waals surface area (Å²) in [5.41, 5.74) is 3.37. The molecule has 158 valence electrons. The molecule has 0 fully saturated rings. The number of rotatable bonds is 6. The van der Waals surface area contributed by atoms with Crippen molar-refractivity contribution < 1.29 is 17.9 Å². The lowest BCUT2D eigenvalue weighted by Gasteiger charge is -2.15. The summed E-state index contributed by atoms with van der Waals surface area (Å²) >= 11 is 0. The molecule has 0 saturated heterocycles. The molecule has 0 aliphatic heterocycles. The van der Waals surface area contributed by atoms with Crippen LogP contribution in [0.3, 0.4) is 0 Å². The first-order valence-corrected chi connectivity index (χ1v) is 11.4. The lowest BCUT2D eigenvalue weighted by molar-refractivity contribution is -0.126. The van der Waals surface area contributed by atoms with Gasteiger partial charge in [0.2, 0.25) is 0 Å². The largest absolute Gasteiger partial charge is 0.367 e. The Kier molecular flexibility index (Phi) is 5.58. The van der Waals surface area contributed by atoms with Gasteiger partial charge in [0.15, 0.2) is 15.9 Å². The van der Waals surface area contributed by atoms with Crippen LogP contribution in [-0.4, -0.2) is 37.9 Å². The Morgan fingerprint density at radius 1 is 1.03 bits per heavy atom. The molecule has 31 heavy (non-hydrogen) atoms. The molecular formula is C23H21N3O4S. The van der Waals surface area contributed by atoms with E-state index in [1.54, 1.807) is 36.4 Å². The second kappa shape index (κ2) is 8.33. The quantitative estimate of drug-likeness (QED) is 0.477. The first kappa shape index (κ1) is 20.8. The van der Waals surface area contributed by atoms with Gasteiger partial charge in [0.1, 0.15) is 5.69 Å². The molecule has 0 bridgehead atoms. The minimum Gasteiger partial charge on any atom is -0.367 e. The second-order valence-corrected chi connectivity index (χ2v) is 9.16. The molecule has 4 aromatic rings. The molecule has 1 heterocycles. The topological polar surface area (TPSA) is 101 Å². The zero-order chi connectivity index (χ0) is 22.0. The van der Waals surface area contributed by atoms with E-state index in [0.717, 1.165) is 16.5 Å². The second-order valence-electron chi connectivity index (χ2n) is 7.15. The highest BCUT2D eigenvalue weighted by Gasteiger charge is 2.20. The van der Waals surface area contributed by atoms with Crippen molar-refractivity contribution in [3.8, 4) is 11.3 Å². The lowest BCUT2D eigenvalue weighted by Crippen LogP contribution is -2.22. The zero-order valence-corrected chi connectivity index (χ0v) is 17.8. The summed E-state index contributed by atoms with van der Waals surface area (Å²) in [5, 5.41) is 10.9. The highest BCUT2D eigenvalue weighted by molar-refractivity contribution is 7.90. The van der Waals surface area contributed by atoms with Crippen LogP contribution in [0.4, 0.5) is 5.69 Å². The van der Waals surface area contributed by atoms with E-state index in [-0.39, 0.29) is 10.8 Å². The number of nitrogens with zero attached hydrogens (tertiary/aromatic N) is 1. The van der Waals surface area contributed by atoms with Crippen LogP contribution in [0, 0.1) is 0 Å². The van der Waals surface area contributed by atoms with Crippen molar-refractivity contribution in [2.45, 2.75) is 11.0 Å². The summed E-state index contributed by atoms with van der Waals surface area (Å²) < 4.78 is 29.2. The number of H-pyrrole nitrogens is 1. The van der Waals surface area contributed by atoms with Crippen molar-refractivity contribution in [3.63, 3.8) is 0 Å². The Morgan fingerprint density at radius 2 is 1.81 bits per heavy atom. The summed E-state index contributed by atoms with van der Waals surface area (Å²) in [7, 11) is -1.85. The van der Waals surface area contributed by atoms with Gasteiger partial charge in [-0.1, -0.05) is 42.5 Å². The van der Waals surface area contributed by atoms with Gasteiger partial charge in [-0.3, -0.25) is 9.89 Å². The Balaban J connectivity index is 1.67. The van der Waals surface area contributed by atoms with E-state index in [4.69, 9.17) is 4.74 Å². The summed E-state index contributed by atoms with van der Waals surface area (Å²) in [6.45, 7) is 0. The Labute approximate surface area is 180 Å². The summed E-state index contributed by atoms with van der Waals surface area (Å²) in [6, 6.07) is 21.2. The molecule has 4 rings (SSSR count). The minimum atomic E-state index is -3.34. The molecule has 0 radical (unpaired) electrons. The van der Waals surface area contributed by atoms with Crippen LogP contribution < -0.4 is 5.32 Å². The number of benzene rings is 3. The maximum atomic E-state index is 12.8. The van der Waals surface area contributed by atoms with E-state index in [0.29, 0.717) is 16.9 Å². The number of sulfone groups is 1. The van der Waals surface area contributed by atoms with Crippen LogP contribution in [0.5, 0.6) is 0 Å². The highest BCUT2D eigenvalue weighted by Crippen LogP contribution is 2.30. The number of ether oxygens (including phenoxy) is 1. The molecule has 1 amide bonds. The van der Waals surface area contributed by atoms with E-state index in [1.807, 2.05) is 36.4 Å². The first-order valence-electron chi connectivity index (χ1n) is 9.54. The summed E-state index contributed by atoms with van der Waals surface area (Å²) in [6.07, 6.45) is 0.425. The average Bonchev–Trinajstić information content (AvgIpc) is 3.18. The van der Waals surface area contributed by atoms with Gasteiger partial charge in [-0.2, -0.15) is 5.10 Å². The summed E-state index contributed by atoms with van der Waals surface area (Å²) in [5.74, 6) is -0.294. The number of fused-ring (bicyclic) bond motifs is 1. The van der Waals surface area contributed by atoms with Crippen LogP contribution in [0.15, 0.2) is 77.7 Å². The third-order valence-electron chi connectivity index (χ3n) is 4.94. The van der Waals surface area contributed by atoms with E-state index in [9.17, 15) is 13.2 Å². The summed E-state index contributed by atoms with van der Waals surface area (Å²) in [4.78, 5) is 13.0. The predicted molar refractivity (Wildman–Crippen MR) is 119 cm³/mol. The Bertz CT molecular complexity index is 1350. The van der Waals surface area contributed by atoms with E-state index >= 15 is 0 Å². The third kappa shape index (κ3) is 4.35. The fourth-order valence-corrected chi connectivity index (χ4v) is 4.08. The molecule has 7 nitrogen and oxygen atoms in total. The normalized spacial score (nSPS) is 12.6. The van der Waals surface area contributed by atoms with Crippen molar-refractivity contribution in [3.05, 3.63) is 78.4 Å². The van der Waals surface area contributed by atoms with Crippen molar-refractivity contribution in [1.82, 2.24) is 10.2 Å². The molecule has 1 atom stereocenters. The van der Waals surface area contributed by atoms with Crippen molar-refractivity contribution in [2.24, 2.45) is 0 Å². The van der Waals surface area contributed by atoms with Gasteiger partial charge >= 0.3 is 0 Å². The number of hydrogen-bond donors (Lipinski definition) is 2. The molecule has 0 aliphatic carbocycles. The number of methoxy groups -OCH3 is 1. The number of aromatic amines is 1. The maximum absolute atomic E-state index is 12.8. The number of hydrogen-bond acceptors (Lipinski definition) is 5. The van der Waals surface area contributed by atoms with Crippen molar-refractivity contribution in [2.75, 3.05) is 18.7 Å². The van der Waals surface area contributed by atoms with Crippen molar-refractivity contribution in [1.29, 1.82) is 0 Å². The van der Waals surface area contributed by atoms with E-state index < -0.39 is 15.9 Å². The van der Waals surface area contributed by atoms with Gasteiger partial charge in [0, 0.05) is 30.0 Å². The maximum Gasteiger partial charge on any atom is 0.258 e. The van der Waals surface area contributed by atoms with Gasteiger partial charge in [0.05, 0.1) is 10.4 Å². The highest BCUT2D eigenvalue weighted by atomic mass is 32.2. The molecule has 0 unspecified atom stereocenters. The Morgan fingerprint density at radius 3 is 2.52 bits per heavy atom. The minimum absolute atomic E-state index is 0.219. The van der Waals surface area contributed by atoms with Crippen LogP contribution in [-0.2, 0) is 19.4 Å². The van der Waals surface area contributed by atoms with Crippen LogP contribution >= 0.6 is 0 Å². The number of aromatic nitrogens is 2. The van der Waals surface area contributed by atoms with E-state index in [2.05, 4.69) is 15.5 Å². The molecular weight excluding hydrogens is 414 g/mol. The van der Waals surface area contributed by atoms with Gasteiger partial charge < -0.3 is 10.1 Å². The molecule has 2 N–H and O–H groups in total. The predicted octanol–water partition coefficient (Wildman–Crippen LogP) is 3.96. The molecule has 0 aliphatic rings. The third-order valence-corrected chi connectivity index (χ3v) is 6.05. The molecule has 0 spiro atoms.